The van der Waals surface area contributed by atoms with Crippen molar-refractivity contribution in [1.29, 1.82) is 0 Å². The quantitative estimate of drug-likeness (QED) is 0.528. The SMILES string of the molecule is O=C(N[C@H](C(=O)O)c1cccc(OC(F)(F)F)c1)OCC1c2ccccc2-c2ccccc21. The number of hydrogen-bond acceptors (Lipinski definition) is 4. The van der Waals surface area contributed by atoms with E-state index in [0.717, 1.165) is 34.4 Å². The number of carboxylic acids is 1. The molecule has 3 aromatic rings. The van der Waals surface area contributed by atoms with Crippen LogP contribution in [0.15, 0.2) is 72.8 Å². The molecule has 0 aliphatic heterocycles. The largest absolute Gasteiger partial charge is 0.573 e. The second-order valence-electron chi connectivity index (χ2n) is 7.36. The van der Waals surface area contributed by atoms with Crippen LogP contribution >= 0.6 is 0 Å². The Kier molecular flexibility index (Phi) is 5.95. The van der Waals surface area contributed by atoms with Gasteiger partial charge in [0.1, 0.15) is 12.4 Å². The number of hydrogen-bond donors (Lipinski definition) is 2. The number of amides is 1. The molecule has 0 heterocycles. The third-order valence-electron chi connectivity index (χ3n) is 5.28. The highest BCUT2D eigenvalue weighted by molar-refractivity contribution is 5.82. The first kappa shape index (κ1) is 22.2. The molecule has 0 saturated carbocycles. The standard InChI is InChI=1S/C24H18F3NO5/c25-24(26,27)33-15-7-5-6-14(12-15)21(22(29)30)28-23(31)32-13-20-18-10-3-1-8-16(18)17-9-2-4-11-19(17)20/h1-12,20-21H,13H2,(H,28,31)(H,29,30)/t21-/m0/s1. The number of benzene rings is 3. The van der Waals surface area contributed by atoms with Crippen molar-refractivity contribution in [3.8, 4) is 16.9 Å². The number of aliphatic carboxylic acids is 1. The Morgan fingerprint density at radius 1 is 0.939 bits per heavy atom. The molecule has 9 heteroatoms. The van der Waals surface area contributed by atoms with Gasteiger partial charge in [0.25, 0.3) is 0 Å². The summed E-state index contributed by atoms with van der Waals surface area (Å²) in [6.45, 7) is -0.0383. The minimum atomic E-state index is -4.93. The van der Waals surface area contributed by atoms with E-state index >= 15 is 0 Å². The Morgan fingerprint density at radius 3 is 2.12 bits per heavy atom. The molecule has 0 fully saturated rings. The van der Waals surface area contributed by atoms with E-state index in [1.807, 2.05) is 48.5 Å². The highest BCUT2D eigenvalue weighted by Crippen LogP contribution is 2.44. The molecule has 1 aliphatic rings. The average molecular weight is 457 g/mol. The number of nitrogens with one attached hydrogen (secondary N) is 1. The van der Waals surface area contributed by atoms with Crippen molar-refractivity contribution < 1.29 is 37.3 Å². The van der Waals surface area contributed by atoms with Crippen molar-refractivity contribution >= 4 is 12.1 Å². The predicted octanol–water partition coefficient (Wildman–Crippen LogP) is 5.25. The molecule has 0 saturated heterocycles. The van der Waals surface area contributed by atoms with Gasteiger partial charge in [0, 0.05) is 5.92 Å². The van der Waals surface area contributed by atoms with E-state index in [2.05, 4.69) is 10.1 Å². The highest BCUT2D eigenvalue weighted by atomic mass is 19.4. The molecule has 1 atom stereocenters. The smallest absolute Gasteiger partial charge is 0.479 e. The number of rotatable bonds is 6. The fourth-order valence-corrected chi connectivity index (χ4v) is 3.94. The Bertz CT molecular complexity index is 1150. The van der Waals surface area contributed by atoms with Crippen molar-refractivity contribution in [2.24, 2.45) is 0 Å². The Labute approximate surface area is 186 Å². The lowest BCUT2D eigenvalue weighted by Crippen LogP contribution is -2.35. The lowest BCUT2D eigenvalue weighted by molar-refractivity contribution is -0.274. The molecule has 170 valence electrons. The minimum absolute atomic E-state index is 0.0383. The summed E-state index contributed by atoms with van der Waals surface area (Å²) in [5, 5.41) is 11.7. The molecular weight excluding hydrogens is 439 g/mol. The predicted molar refractivity (Wildman–Crippen MR) is 112 cm³/mol. The van der Waals surface area contributed by atoms with Crippen LogP contribution in [0, 0.1) is 0 Å². The van der Waals surface area contributed by atoms with Gasteiger partial charge in [-0.3, -0.25) is 0 Å². The monoisotopic (exact) mass is 457 g/mol. The number of carbonyl (C=O) groups is 2. The summed E-state index contributed by atoms with van der Waals surface area (Å²) in [5.74, 6) is -2.29. The fourth-order valence-electron chi connectivity index (χ4n) is 3.94. The topological polar surface area (TPSA) is 84.9 Å². The Balaban J connectivity index is 1.47. The van der Waals surface area contributed by atoms with Crippen molar-refractivity contribution in [1.82, 2.24) is 5.32 Å². The first-order valence-corrected chi connectivity index (χ1v) is 9.93. The van der Waals surface area contributed by atoms with E-state index in [9.17, 15) is 27.9 Å². The molecule has 0 unspecified atom stereocenters. The zero-order valence-corrected chi connectivity index (χ0v) is 17.0. The van der Waals surface area contributed by atoms with Crippen LogP contribution in [0.2, 0.25) is 0 Å². The van der Waals surface area contributed by atoms with E-state index in [1.54, 1.807) is 0 Å². The van der Waals surface area contributed by atoms with Crippen LogP contribution in [0.5, 0.6) is 5.75 Å². The van der Waals surface area contributed by atoms with Gasteiger partial charge in [0.05, 0.1) is 0 Å². The molecule has 1 amide bonds. The maximum absolute atomic E-state index is 12.5. The van der Waals surface area contributed by atoms with Gasteiger partial charge in [0.15, 0.2) is 6.04 Å². The van der Waals surface area contributed by atoms with Gasteiger partial charge in [-0.15, -0.1) is 13.2 Å². The van der Waals surface area contributed by atoms with Crippen LogP contribution in [-0.4, -0.2) is 30.1 Å². The second kappa shape index (κ2) is 8.85. The summed E-state index contributed by atoms with van der Waals surface area (Å²) in [6, 6.07) is 18.2. The molecule has 4 rings (SSSR count). The molecule has 1 aliphatic carbocycles. The summed E-state index contributed by atoms with van der Waals surface area (Å²) in [4.78, 5) is 24.1. The summed E-state index contributed by atoms with van der Waals surface area (Å²) in [6.07, 6.45) is -5.94. The average Bonchev–Trinajstić information content (AvgIpc) is 3.09. The minimum Gasteiger partial charge on any atom is -0.479 e. The summed E-state index contributed by atoms with van der Waals surface area (Å²) >= 11 is 0. The first-order valence-electron chi connectivity index (χ1n) is 9.93. The second-order valence-corrected chi connectivity index (χ2v) is 7.36. The number of fused-ring (bicyclic) bond motifs is 3. The van der Waals surface area contributed by atoms with Crippen molar-refractivity contribution in [3.63, 3.8) is 0 Å². The van der Waals surface area contributed by atoms with E-state index in [1.165, 1.54) is 12.1 Å². The van der Waals surface area contributed by atoms with Gasteiger partial charge in [-0.25, -0.2) is 9.59 Å². The molecule has 33 heavy (non-hydrogen) atoms. The van der Waals surface area contributed by atoms with Crippen LogP contribution in [0.4, 0.5) is 18.0 Å². The maximum Gasteiger partial charge on any atom is 0.573 e. The zero-order chi connectivity index (χ0) is 23.6. The molecule has 0 bridgehead atoms. The van der Waals surface area contributed by atoms with Crippen molar-refractivity contribution in [2.75, 3.05) is 6.61 Å². The number of carbonyl (C=O) groups excluding carboxylic acids is 1. The van der Waals surface area contributed by atoms with Crippen molar-refractivity contribution in [3.05, 3.63) is 89.5 Å². The zero-order valence-electron chi connectivity index (χ0n) is 17.0. The Hall–Kier alpha value is -4.01. The fraction of sp³-hybridized carbons (Fsp3) is 0.167. The van der Waals surface area contributed by atoms with E-state index in [4.69, 9.17) is 4.74 Å². The number of alkyl carbamates (subject to hydrolysis) is 1. The Morgan fingerprint density at radius 2 is 1.55 bits per heavy atom. The highest BCUT2D eigenvalue weighted by Gasteiger charge is 2.32. The van der Waals surface area contributed by atoms with Gasteiger partial charge in [-0.1, -0.05) is 60.7 Å². The lowest BCUT2D eigenvalue weighted by Gasteiger charge is -2.18. The van der Waals surface area contributed by atoms with Crippen LogP contribution < -0.4 is 10.1 Å². The van der Waals surface area contributed by atoms with Crippen LogP contribution in [0.3, 0.4) is 0 Å². The van der Waals surface area contributed by atoms with Gasteiger partial charge in [-0.05, 0) is 39.9 Å². The molecular formula is C24H18F3NO5. The number of carboxylic acid groups (broad SMARTS) is 1. The van der Waals surface area contributed by atoms with Gasteiger partial charge in [-0.2, -0.15) is 0 Å². The van der Waals surface area contributed by atoms with E-state index < -0.39 is 30.2 Å². The van der Waals surface area contributed by atoms with Crippen LogP contribution in [-0.2, 0) is 9.53 Å². The molecule has 6 nitrogen and oxygen atoms in total. The normalized spacial score (nSPS) is 13.5. The lowest BCUT2D eigenvalue weighted by atomic mass is 9.98. The number of alkyl halides is 3. The van der Waals surface area contributed by atoms with Crippen LogP contribution in [0.25, 0.3) is 11.1 Å². The summed E-state index contributed by atoms with van der Waals surface area (Å²) in [5.41, 5.74) is 3.94. The maximum atomic E-state index is 12.5. The van der Waals surface area contributed by atoms with Crippen molar-refractivity contribution in [2.45, 2.75) is 18.3 Å². The van der Waals surface area contributed by atoms with Gasteiger partial charge < -0.3 is 19.9 Å². The number of halogens is 3. The molecule has 2 N–H and O–H groups in total. The third-order valence-corrected chi connectivity index (χ3v) is 5.28. The molecule has 0 spiro atoms. The molecule has 3 aromatic carbocycles. The summed E-state index contributed by atoms with van der Waals surface area (Å²) in [7, 11) is 0. The van der Waals surface area contributed by atoms with E-state index in [0.29, 0.717) is 0 Å². The number of ether oxygens (including phenoxy) is 2. The van der Waals surface area contributed by atoms with Gasteiger partial charge >= 0.3 is 18.4 Å². The molecule has 0 radical (unpaired) electrons. The van der Waals surface area contributed by atoms with Crippen LogP contribution in [0.1, 0.15) is 28.7 Å². The third kappa shape index (κ3) is 4.92. The molecule has 0 aromatic heterocycles. The first-order chi connectivity index (χ1) is 15.7. The van der Waals surface area contributed by atoms with Gasteiger partial charge in [0.2, 0.25) is 0 Å². The van der Waals surface area contributed by atoms with E-state index in [-0.39, 0.29) is 18.1 Å². The summed E-state index contributed by atoms with van der Waals surface area (Å²) < 4.78 is 46.6.